The van der Waals surface area contributed by atoms with Gasteiger partial charge >= 0.3 is 17.9 Å². The van der Waals surface area contributed by atoms with E-state index < -0.39 is 41.8 Å². The lowest BCUT2D eigenvalue weighted by Gasteiger charge is -2.35. The van der Waals surface area contributed by atoms with E-state index in [1.54, 1.807) is 24.3 Å². The summed E-state index contributed by atoms with van der Waals surface area (Å²) in [6, 6.07) is 12.2. The first-order chi connectivity index (χ1) is 16.2. The summed E-state index contributed by atoms with van der Waals surface area (Å²) in [5, 5.41) is 29.2. The van der Waals surface area contributed by atoms with Gasteiger partial charge in [0.05, 0.1) is 0 Å². The first-order valence-corrected chi connectivity index (χ1v) is 10.5. The summed E-state index contributed by atoms with van der Waals surface area (Å²) >= 11 is 0. The predicted octanol–water partition coefficient (Wildman–Crippen LogP) is 2.10. The van der Waals surface area contributed by atoms with E-state index in [1.807, 2.05) is 0 Å². The summed E-state index contributed by atoms with van der Waals surface area (Å²) in [6.07, 6.45) is 1.72. The van der Waals surface area contributed by atoms with Crippen LogP contribution in [0.2, 0.25) is 0 Å². The third kappa shape index (κ3) is 5.26. The molecule has 2 bridgehead atoms. The van der Waals surface area contributed by atoms with Crippen LogP contribution >= 0.6 is 0 Å². The molecule has 4 rings (SSSR count). The van der Waals surface area contributed by atoms with Gasteiger partial charge in [0.15, 0.2) is 11.7 Å². The van der Waals surface area contributed by atoms with Crippen molar-refractivity contribution >= 4 is 30.1 Å². The number of rotatable bonds is 6. The second kappa shape index (κ2) is 9.40. The summed E-state index contributed by atoms with van der Waals surface area (Å²) < 4.78 is 16.1. The Morgan fingerprint density at radius 2 is 1.35 bits per heavy atom. The third-order valence-corrected chi connectivity index (χ3v) is 5.58. The van der Waals surface area contributed by atoms with Crippen LogP contribution in [0.15, 0.2) is 60.7 Å². The molecule has 1 unspecified atom stereocenters. The van der Waals surface area contributed by atoms with Crippen molar-refractivity contribution in [2.45, 2.75) is 36.8 Å². The molecule has 2 aliphatic rings. The van der Waals surface area contributed by atoms with E-state index in [1.165, 1.54) is 36.4 Å². The average Bonchev–Trinajstić information content (AvgIpc) is 3.05. The molecule has 34 heavy (non-hydrogen) atoms. The topological polar surface area (TPSA) is 140 Å². The van der Waals surface area contributed by atoms with E-state index >= 15 is 0 Å². The van der Waals surface area contributed by atoms with Crippen molar-refractivity contribution in [3.8, 4) is 11.5 Å². The van der Waals surface area contributed by atoms with E-state index in [2.05, 4.69) is 0 Å². The molecule has 1 saturated carbocycles. The van der Waals surface area contributed by atoms with Gasteiger partial charge in [0.2, 0.25) is 0 Å². The number of carbonyl (C=O) groups is 3. The maximum absolute atomic E-state index is 12.4. The summed E-state index contributed by atoms with van der Waals surface area (Å²) in [4.78, 5) is 36.9. The first-order valence-electron chi connectivity index (χ1n) is 10.5. The fourth-order valence-electron chi connectivity index (χ4n) is 3.87. The number of phenolic OH excluding ortho intramolecular Hbond substituents is 2. The second-order valence-corrected chi connectivity index (χ2v) is 8.11. The minimum atomic E-state index is -1.82. The normalized spacial score (nSPS) is 25.9. The molecule has 1 heterocycles. The highest BCUT2D eigenvalue weighted by atomic mass is 16.6. The molecule has 4 atom stereocenters. The van der Waals surface area contributed by atoms with Gasteiger partial charge in [0.1, 0.15) is 23.7 Å². The molecule has 1 aliphatic heterocycles. The molecule has 9 nitrogen and oxygen atoms in total. The molecule has 0 aromatic heterocycles. The van der Waals surface area contributed by atoms with Crippen molar-refractivity contribution in [2.75, 3.05) is 0 Å². The molecule has 0 radical (unpaired) electrons. The summed E-state index contributed by atoms with van der Waals surface area (Å²) in [5.41, 5.74) is -0.540. The fraction of sp³-hybridized carbons (Fsp3) is 0.240. The number of hydrogen-bond acceptors (Lipinski definition) is 9. The molecule has 1 aliphatic carbocycles. The molecular weight excluding hydrogens is 444 g/mol. The first kappa shape index (κ1) is 23.1. The molecule has 0 amide bonds. The Morgan fingerprint density at radius 1 is 0.853 bits per heavy atom. The SMILES string of the molecule is O=C(/C=C/c1ccc(O)cc1)O[C@H]1C[C@]2(O)CC(OC2=O)[C@@H]1OC(=O)/C=C/c1ccc(O)cc1. The zero-order valence-electron chi connectivity index (χ0n) is 17.9. The Labute approximate surface area is 194 Å². The molecular formula is C25H22O9. The minimum absolute atomic E-state index is 0.0805. The van der Waals surface area contributed by atoms with Crippen molar-refractivity contribution in [3.63, 3.8) is 0 Å². The highest BCUT2D eigenvalue weighted by molar-refractivity contribution is 5.89. The van der Waals surface area contributed by atoms with E-state index in [9.17, 15) is 29.7 Å². The van der Waals surface area contributed by atoms with Crippen LogP contribution in [0.3, 0.4) is 0 Å². The molecule has 1 saturated heterocycles. The Morgan fingerprint density at radius 3 is 1.88 bits per heavy atom. The van der Waals surface area contributed by atoms with E-state index in [-0.39, 0.29) is 24.3 Å². The number of carbonyl (C=O) groups excluding carboxylic acids is 3. The number of aromatic hydroxyl groups is 2. The smallest absolute Gasteiger partial charge is 0.338 e. The highest BCUT2D eigenvalue weighted by Crippen LogP contribution is 2.40. The van der Waals surface area contributed by atoms with Crippen molar-refractivity contribution in [3.05, 3.63) is 71.8 Å². The monoisotopic (exact) mass is 466 g/mol. The lowest BCUT2D eigenvalue weighted by molar-refractivity contribution is -0.178. The van der Waals surface area contributed by atoms with E-state index in [0.717, 1.165) is 12.2 Å². The molecule has 0 spiro atoms. The summed E-state index contributed by atoms with van der Waals surface area (Å²) in [6.45, 7) is 0. The van der Waals surface area contributed by atoms with Gasteiger partial charge < -0.3 is 29.5 Å². The van der Waals surface area contributed by atoms with Crippen molar-refractivity contribution in [1.82, 2.24) is 0 Å². The van der Waals surface area contributed by atoms with Crippen LogP contribution in [0.5, 0.6) is 11.5 Å². The second-order valence-electron chi connectivity index (χ2n) is 8.11. The third-order valence-electron chi connectivity index (χ3n) is 5.58. The van der Waals surface area contributed by atoms with Crippen LogP contribution in [0, 0.1) is 0 Å². The zero-order chi connectivity index (χ0) is 24.3. The van der Waals surface area contributed by atoms with Gasteiger partial charge in [-0.2, -0.15) is 0 Å². The largest absolute Gasteiger partial charge is 0.508 e. The van der Waals surface area contributed by atoms with Gasteiger partial charge in [-0.3, -0.25) is 0 Å². The zero-order valence-corrected chi connectivity index (χ0v) is 17.9. The maximum atomic E-state index is 12.4. The highest BCUT2D eigenvalue weighted by Gasteiger charge is 2.60. The van der Waals surface area contributed by atoms with Crippen molar-refractivity contribution in [2.24, 2.45) is 0 Å². The van der Waals surface area contributed by atoms with Gasteiger partial charge in [-0.25, -0.2) is 14.4 Å². The summed E-state index contributed by atoms with van der Waals surface area (Å²) in [5.74, 6) is -2.21. The number of phenols is 2. The number of aliphatic hydroxyl groups is 1. The summed E-state index contributed by atoms with van der Waals surface area (Å²) in [7, 11) is 0. The average molecular weight is 466 g/mol. The minimum Gasteiger partial charge on any atom is -0.508 e. The lowest BCUT2D eigenvalue weighted by Crippen LogP contribution is -2.51. The van der Waals surface area contributed by atoms with Crippen LogP contribution in [-0.2, 0) is 28.6 Å². The fourth-order valence-corrected chi connectivity index (χ4v) is 3.87. The van der Waals surface area contributed by atoms with Gasteiger partial charge in [-0.1, -0.05) is 24.3 Å². The molecule has 2 fully saturated rings. The van der Waals surface area contributed by atoms with Gasteiger partial charge in [0, 0.05) is 25.0 Å². The molecule has 2 aromatic carbocycles. The van der Waals surface area contributed by atoms with Crippen molar-refractivity contribution < 1.29 is 43.9 Å². The predicted molar refractivity (Wildman–Crippen MR) is 118 cm³/mol. The number of fused-ring (bicyclic) bond motifs is 2. The van der Waals surface area contributed by atoms with Crippen LogP contribution in [0.25, 0.3) is 12.2 Å². The lowest BCUT2D eigenvalue weighted by atomic mass is 9.82. The standard InChI is InChI=1S/C25H22O9/c26-17-7-1-15(2-8-17)5-11-21(28)32-19-13-25(31)14-20(33-24(25)30)23(19)34-22(29)12-6-16-3-9-18(27)10-4-16/h1-12,19-20,23,26-27,31H,13-14H2/b11-5+,12-6+/t19-,20?,23+,25-/m0/s1. The Balaban J connectivity index is 1.45. The Bertz CT molecular complexity index is 1130. The number of ether oxygens (including phenoxy) is 3. The maximum Gasteiger partial charge on any atom is 0.338 e. The quantitative estimate of drug-likeness (QED) is 0.332. The molecule has 176 valence electrons. The van der Waals surface area contributed by atoms with E-state index in [0.29, 0.717) is 11.1 Å². The van der Waals surface area contributed by atoms with Crippen LogP contribution in [-0.4, -0.2) is 57.1 Å². The van der Waals surface area contributed by atoms with Crippen LogP contribution in [0.4, 0.5) is 0 Å². The molecule has 2 aromatic rings. The van der Waals surface area contributed by atoms with Gasteiger partial charge in [-0.05, 0) is 47.5 Å². The molecule has 9 heteroatoms. The van der Waals surface area contributed by atoms with E-state index in [4.69, 9.17) is 14.2 Å². The number of benzene rings is 2. The number of esters is 3. The Kier molecular flexibility index (Phi) is 6.38. The molecule has 3 N–H and O–H groups in total. The van der Waals surface area contributed by atoms with Crippen LogP contribution < -0.4 is 0 Å². The van der Waals surface area contributed by atoms with Crippen LogP contribution in [0.1, 0.15) is 24.0 Å². The number of hydrogen-bond donors (Lipinski definition) is 3. The van der Waals surface area contributed by atoms with Gasteiger partial charge in [-0.15, -0.1) is 0 Å². The van der Waals surface area contributed by atoms with Crippen molar-refractivity contribution in [1.29, 1.82) is 0 Å². The Hall–Kier alpha value is -4.11. The van der Waals surface area contributed by atoms with Gasteiger partial charge in [0.25, 0.3) is 0 Å².